The Morgan fingerprint density at radius 1 is 0.571 bits per heavy atom. The second kappa shape index (κ2) is 13.9. The minimum absolute atomic E-state index is 0.286. The Balaban J connectivity index is 1.05. The fraction of sp³-hybridized carbons (Fsp3) is 0.451. The molecule has 4 nitrogen and oxygen atoms in total. The molecule has 4 saturated carbocycles. The van der Waals surface area contributed by atoms with Gasteiger partial charge in [-0.3, -0.25) is 0 Å². The van der Waals surface area contributed by atoms with Crippen LogP contribution in [0.5, 0.6) is 0 Å². The molecule has 4 aliphatic rings. The van der Waals surface area contributed by atoms with Crippen LogP contribution in [-0.2, 0) is 10.8 Å². The summed E-state index contributed by atoms with van der Waals surface area (Å²) in [5, 5.41) is 11.9. The van der Waals surface area contributed by atoms with Gasteiger partial charge in [0.25, 0.3) is 0 Å². The van der Waals surface area contributed by atoms with Crippen molar-refractivity contribution >= 4 is 31.5 Å². The number of nitriles is 1. The summed E-state index contributed by atoms with van der Waals surface area (Å²) >= 11 is 1.72. The molecule has 0 spiro atoms. The van der Waals surface area contributed by atoms with E-state index in [2.05, 4.69) is 107 Å². The summed E-state index contributed by atoms with van der Waals surface area (Å²) in [5.74, 6) is 7.01. The van der Waals surface area contributed by atoms with Crippen molar-refractivity contribution in [2.45, 2.75) is 109 Å². The van der Waals surface area contributed by atoms with Gasteiger partial charge in [-0.05, 0) is 140 Å². The second-order valence-corrected chi connectivity index (χ2v) is 20.2. The first-order chi connectivity index (χ1) is 27.2. The molecule has 0 N–H and O–H groups in total. The molecule has 6 aromatic rings. The molecule has 4 fully saturated rings. The summed E-state index contributed by atoms with van der Waals surface area (Å²) in [4.78, 5) is 15.7. The lowest BCUT2D eigenvalue weighted by atomic mass is 9.54. The number of fused-ring (bicyclic) bond motifs is 7. The van der Waals surface area contributed by atoms with Crippen LogP contribution in [-0.4, -0.2) is 15.0 Å². The number of nitrogens with zero attached hydrogens (tertiary/aromatic N) is 4. The van der Waals surface area contributed by atoms with Crippen molar-refractivity contribution in [3.8, 4) is 40.2 Å². The highest BCUT2D eigenvalue weighted by Gasteiger charge is 2.46. The molecule has 0 aliphatic heterocycles. The van der Waals surface area contributed by atoms with Crippen LogP contribution in [0, 0.1) is 46.8 Å². The quantitative estimate of drug-likeness (QED) is 0.170. The van der Waals surface area contributed by atoms with Gasteiger partial charge in [-0.25, -0.2) is 15.0 Å². The van der Waals surface area contributed by atoms with Gasteiger partial charge in [0.05, 0.1) is 11.6 Å². The van der Waals surface area contributed by atoms with Crippen LogP contribution in [0.2, 0.25) is 0 Å². The van der Waals surface area contributed by atoms with Crippen molar-refractivity contribution in [1.29, 1.82) is 5.26 Å². The van der Waals surface area contributed by atoms with Crippen molar-refractivity contribution in [2.24, 2.45) is 35.5 Å². The van der Waals surface area contributed by atoms with E-state index in [1.165, 1.54) is 97.2 Å². The highest BCUT2D eigenvalue weighted by atomic mass is 32.1. The van der Waals surface area contributed by atoms with Gasteiger partial charge < -0.3 is 0 Å². The molecule has 8 atom stereocenters. The maximum atomic E-state index is 9.53. The van der Waals surface area contributed by atoms with Crippen LogP contribution in [0.3, 0.4) is 0 Å². The number of hydrogen-bond donors (Lipinski definition) is 0. The van der Waals surface area contributed by atoms with Crippen molar-refractivity contribution in [3.05, 3.63) is 102 Å². The molecule has 10 rings (SSSR count). The summed E-state index contributed by atoms with van der Waals surface area (Å²) in [5.41, 5.74) is 7.33. The highest BCUT2D eigenvalue weighted by Crippen LogP contribution is 2.56. The largest absolute Gasteiger partial charge is 0.208 e. The van der Waals surface area contributed by atoms with Crippen LogP contribution in [0.15, 0.2) is 84.9 Å². The van der Waals surface area contributed by atoms with Gasteiger partial charge in [0.2, 0.25) is 0 Å². The molecule has 0 radical (unpaired) electrons. The van der Waals surface area contributed by atoms with E-state index in [1.54, 1.807) is 11.3 Å². The normalized spacial score (nSPS) is 30.0. The highest BCUT2D eigenvalue weighted by molar-refractivity contribution is 7.25. The molecule has 5 heteroatoms. The van der Waals surface area contributed by atoms with Crippen LogP contribution in [0.25, 0.3) is 54.3 Å². The first kappa shape index (κ1) is 36.0. The molecule has 2 unspecified atom stereocenters. The molecule has 56 heavy (non-hydrogen) atoms. The monoisotopic (exact) mass is 754 g/mol. The average Bonchev–Trinajstić information content (AvgIpc) is 3.57. The minimum atomic E-state index is 0.286. The molecule has 2 aromatic heterocycles. The van der Waals surface area contributed by atoms with Crippen molar-refractivity contribution < 1.29 is 0 Å². The van der Waals surface area contributed by atoms with Crippen LogP contribution < -0.4 is 0 Å². The lowest BCUT2D eigenvalue weighted by molar-refractivity contribution is 0.0702. The Bertz CT molecular complexity index is 2450. The van der Waals surface area contributed by atoms with Gasteiger partial charge in [0.15, 0.2) is 17.5 Å². The number of thiophene rings is 1. The molecule has 284 valence electrons. The molecular formula is C51H54N4S. The molecule has 4 aliphatic carbocycles. The number of hydrogen-bond acceptors (Lipinski definition) is 5. The van der Waals surface area contributed by atoms with Crippen LogP contribution >= 0.6 is 11.3 Å². The standard InChI is InChI=1S/C51H54N4S/c1-5-34-21-37-20-33(4)26-51(27-34,29-37)42-14-9-39(10-15-42)48-53-47(38-7-12-41(13-8-38)50-24-31(2)18-36(28-50)19-32(3)25-50)54-49(55-48)40-11-17-44-43-16-6-35(30-52)22-45(43)56-46(44)23-40/h6-17,22-23,31-34,36-37H,5,18-21,24-29H2,1-4H3/t31-,32+,33-,34+,36-,37-,50?,51?/m0/s1. The number of aromatic nitrogens is 3. The first-order valence-corrected chi connectivity index (χ1v) is 22.3. The van der Waals surface area contributed by atoms with E-state index >= 15 is 0 Å². The first-order valence-electron chi connectivity index (χ1n) is 21.5. The predicted molar refractivity (Wildman–Crippen MR) is 232 cm³/mol. The second-order valence-electron chi connectivity index (χ2n) is 19.1. The zero-order chi connectivity index (χ0) is 38.2. The lowest BCUT2D eigenvalue weighted by Gasteiger charge is -2.51. The van der Waals surface area contributed by atoms with Crippen molar-refractivity contribution in [2.75, 3.05) is 0 Å². The summed E-state index contributed by atoms with van der Waals surface area (Å²) < 4.78 is 2.29. The van der Waals surface area contributed by atoms with E-state index in [-0.39, 0.29) is 10.8 Å². The maximum Gasteiger partial charge on any atom is 0.164 e. The van der Waals surface area contributed by atoms with Gasteiger partial charge in [0.1, 0.15) is 0 Å². The fourth-order valence-corrected chi connectivity index (χ4v) is 14.1. The Morgan fingerprint density at radius 2 is 1.04 bits per heavy atom. The Morgan fingerprint density at radius 3 is 1.57 bits per heavy atom. The summed E-state index contributed by atoms with van der Waals surface area (Å²) in [6.07, 6.45) is 14.7. The molecule has 0 saturated heterocycles. The average molecular weight is 755 g/mol. The third kappa shape index (κ3) is 6.37. The molecule has 4 bridgehead atoms. The fourth-order valence-electron chi connectivity index (χ4n) is 12.9. The topological polar surface area (TPSA) is 62.5 Å². The Kier molecular flexibility index (Phi) is 8.94. The third-order valence-corrected chi connectivity index (χ3v) is 15.8. The predicted octanol–water partition coefficient (Wildman–Crippen LogP) is 13.7. The number of rotatable bonds is 6. The lowest BCUT2D eigenvalue weighted by Crippen LogP contribution is -2.42. The van der Waals surface area contributed by atoms with Crippen molar-refractivity contribution in [1.82, 2.24) is 15.0 Å². The van der Waals surface area contributed by atoms with E-state index in [4.69, 9.17) is 15.0 Å². The summed E-state index contributed by atoms with van der Waals surface area (Å²) in [6.45, 7) is 9.80. The molecular weight excluding hydrogens is 701 g/mol. The van der Waals surface area contributed by atoms with E-state index < -0.39 is 0 Å². The van der Waals surface area contributed by atoms with E-state index in [1.807, 2.05) is 12.1 Å². The van der Waals surface area contributed by atoms with E-state index in [9.17, 15) is 5.26 Å². The van der Waals surface area contributed by atoms with Crippen molar-refractivity contribution in [3.63, 3.8) is 0 Å². The Labute approximate surface area is 336 Å². The van der Waals surface area contributed by atoms with Gasteiger partial charge in [-0.1, -0.05) is 101 Å². The van der Waals surface area contributed by atoms with Gasteiger partial charge in [-0.2, -0.15) is 5.26 Å². The molecule has 0 amide bonds. The molecule has 4 aromatic carbocycles. The maximum absolute atomic E-state index is 9.53. The summed E-state index contributed by atoms with van der Waals surface area (Å²) in [7, 11) is 0. The van der Waals surface area contributed by atoms with Gasteiger partial charge in [0, 0.05) is 36.9 Å². The van der Waals surface area contributed by atoms with Crippen LogP contribution in [0.4, 0.5) is 0 Å². The Hall–Kier alpha value is -4.40. The summed E-state index contributed by atoms with van der Waals surface area (Å²) in [6, 6.07) is 33.6. The minimum Gasteiger partial charge on any atom is -0.208 e. The third-order valence-electron chi connectivity index (χ3n) is 14.7. The zero-order valence-electron chi connectivity index (χ0n) is 33.5. The number of benzene rings is 4. The smallest absolute Gasteiger partial charge is 0.164 e. The van der Waals surface area contributed by atoms with E-state index in [0.29, 0.717) is 11.4 Å². The molecule has 2 heterocycles. The van der Waals surface area contributed by atoms with Gasteiger partial charge >= 0.3 is 0 Å². The SMILES string of the molecule is CC[C@@H]1C[C@@H]2C[C@H](C)CC(c3ccc(-c4nc(-c5ccc(C67C[C@H](C)C[C@H](C[C@H](C)C6)C7)cc5)nc(-c5ccc6c(c5)sc5cc(C#N)ccc56)n4)cc3)(C1)C2. The van der Waals surface area contributed by atoms with Crippen LogP contribution in [0.1, 0.15) is 115 Å². The van der Waals surface area contributed by atoms with E-state index in [0.717, 1.165) is 68.5 Å². The van der Waals surface area contributed by atoms with Gasteiger partial charge in [-0.15, -0.1) is 11.3 Å². The zero-order valence-corrected chi connectivity index (χ0v) is 34.3.